The number of benzene rings is 1. The molecule has 22 heavy (non-hydrogen) atoms. The van der Waals surface area contributed by atoms with E-state index in [0.717, 1.165) is 6.54 Å². The highest BCUT2D eigenvalue weighted by molar-refractivity contribution is 6.94. The number of allylic oxidation sites excluding steroid dienone is 8. The Balaban J connectivity index is 1.95. The molecule has 0 saturated carbocycles. The van der Waals surface area contributed by atoms with Crippen LogP contribution in [0.2, 0.25) is 17.6 Å². The van der Waals surface area contributed by atoms with Crippen molar-refractivity contribution in [1.82, 2.24) is 4.90 Å². The van der Waals surface area contributed by atoms with E-state index in [0.29, 0.717) is 11.1 Å². The highest BCUT2D eigenvalue weighted by atomic mass is 28.3. The Bertz CT molecular complexity index is 582. The smallest absolute Gasteiger partial charge is 0.105 e. The molecular weight excluding hydrogens is 282 g/mol. The molecule has 0 aliphatic heterocycles. The third kappa shape index (κ3) is 2.81. The van der Waals surface area contributed by atoms with Crippen LogP contribution in [0.3, 0.4) is 0 Å². The standard InChI is InChI=1S/C20H25NSi/c1-21(2)16-17-12-14-20(15-13-17)22(3,18-8-4-5-9-18)19-10-6-7-11-19/h4-15,18-19H,16H2,1-3H3. The molecular formula is C20H25NSi. The molecule has 114 valence electrons. The van der Waals surface area contributed by atoms with Gasteiger partial charge in [-0.3, -0.25) is 0 Å². The van der Waals surface area contributed by atoms with E-state index in [1.165, 1.54) is 5.56 Å². The molecule has 2 heteroatoms. The largest absolute Gasteiger partial charge is 0.305 e. The molecule has 2 aliphatic carbocycles. The van der Waals surface area contributed by atoms with E-state index in [1.54, 1.807) is 5.19 Å². The fourth-order valence-corrected chi connectivity index (χ4v) is 7.75. The minimum Gasteiger partial charge on any atom is -0.305 e. The summed E-state index contributed by atoms with van der Waals surface area (Å²) in [5, 5.41) is 1.55. The van der Waals surface area contributed by atoms with E-state index in [-0.39, 0.29) is 0 Å². The van der Waals surface area contributed by atoms with Gasteiger partial charge in [0.05, 0.1) is 0 Å². The van der Waals surface area contributed by atoms with Crippen molar-refractivity contribution >= 4 is 13.3 Å². The van der Waals surface area contributed by atoms with Crippen LogP contribution in [0.1, 0.15) is 5.56 Å². The van der Waals surface area contributed by atoms with Crippen molar-refractivity contribution in [2.24, 2.45) is 0 Å². The van der Waals surface area contributed by atoms with Gasteiger partial charge in [-0.15, -0.1) is 0 Å². The summed E-state index contributed by atoms with van der Waals surface area (Å²) >= 11 is 0. The Morgan fingerprint density at radius 1 is 0.818 bits per heavy atom. The van der Waals surface area contributed by atoms with E-state index in [2.05, 4.69) is 98.4 Å². The summed E-state index contributed by atoms with van der Waals surface area (Å²) in [6.45, 7) is 3.54. The van der Waals surface area contributed by atoms with Gasteiger partial charge in [0.25, 0.3) is 0 Å². The molecule has 0 amide bonds. The second kappa shape index (κ2) is 6.23. The SMILES string of the molecule is CN(C)Cc1ccc([Si](C)(C2C=CC=C2)C2C=CC=C2)cc1. The highest BCUT2D eigenvalue weighted by Gasteiger charge is 2.42. The van der Waals surface area contributed by atoms with Gasteiger partial charge in [-0.05, 0) is 30.7 Å². The third-order valence-electron chi connectivity index (χ3n) is 4.96. The van der Waals surface area contributed by atoms with Crippen LogP contribution in [-0.4, -0.2) is 27.1 Å². The zero-order valence-electron chi connectivity index (χ0n) is 13.7. The van der Waals surface area contributed by atoms with Crippen molar-refractivity contribution in [2.45, 2.75) is 24.2 Å². The molecule has 2 aliphatic rings. The van der Waals surface area contributed by atoms with Gasteiger partial charge >= 0.3 is 0 Å². The summed E-state index contributed by atoms with van der Waals surface area (Å²) in [7, 11) is 2.56. The fourth-order valence-electron chi connectivity index (χ4n) is 3.60. The molecule has 0 radical (unpaired) electrons. The maximum atomic E-state index is 2.53. The topological polar surface area (TPSA) is 3.24 Å². The molecule has 1 aromatic carbocycles. The van der Waals surface area contributed by atoms with E-state index >= 15 is 0 Å². The van der Waals surface area contributed by atoms with Gasteiger partial charge in [0.1, 0.15) is 8.07 Å². The second-order valence-electron chi connectivity index (χ2n) is 6.81. The summed E-state index contributed by atoms with van der Waals surface area (Å²) in [6, 6.07) is 9.38. The van der Waals surface area contributed by atoms with Crippen LogP contribution >= 0.6 is 0 Å². The Labute approximate surface area is 135 Å². The van der Waals surface area contributed by atoms with Crippen molar-refractivity contribution in [1.29, 1.82) is 0 Å². The molecule has 0 fully saturated rings. The normalized spacial score (nSPS) is 18.2. The molecule has 0 bridgehead atoms. The first-order chi connectivity index (χ1) is 10.6. The van der Waals surface area contributed by atoms with Crippen LogP contribution in [0.25, 0.3) is 0 Å². The average molecular weight is 308 g/mol. The first-order valence-corrected chi connectivity index (χ1v) is 10.7. The summed E-state index contributed by atoms with van der Waals surface area (Å²) in [5.41, 5.74) is 2.56. The maximum absolute atomic E-state index is 2.53. The lowest BCUT2D eigenvalue weighted by Gasteiger charge is -2.36. The fraction of sp³-hybridized carbons (Fsp3) is 0.300. The Morgan fingerprint density at radius 2 is 1.27 bits per heavy atom. The lowest BCUT2D eigenvalue weighted by Crippen LogP contribution is -2.50. The van der Waals surface area contributed by atoms with Crippen LogP contribution < -0.4 is 5.19 Å². The van der Waals surface area contributed by atoms with E-state index < -0.39 is 8.07 Å². The van der Waals surface area contributed by atoms with Gasteiger partial charge in [-0.25, -0.2) is 0 Å². The van der Waals surface area contributed by atoms with Crippen LogP contribution in [0.4, 0.5) is 0 Å². The summed E-state index contributed by atoms with van der Waals surface area (Å²) in [5.74, 6) is 0. The number of hydrogen-bond acceptors (Lipinski definition) is 1. The number of nitrogens with zero attached hydrogens (tertiary/aromatic N) is 1. The molecule has 3 rings (SSSR count). The molecule has 1 nitrogen and oxygen atoms in total. The molecule has 0 saturated heterocycles. The van der Waals surface area contributed by atoms with Gasteiger partial charge in [0.2, 0.25) is 0 Å². The summed E-state index contributed by atoms with van der Waals surface area (Å²) in [6.07, 6.45) is 18.4. The van der Waals surface area contributed by atoms with Crippen molar-refractivity contribution < 1.29 is 0 Å². The third-order valence-corrected chi connectivity index (χ3v) is 10.1. The molecule has 1 aromatic rings. The Hall–Kier alpha value is -1.64. The molecule has 0 spiro atoms. The first-order valence-electron chi connectivity index (χ1n) is 8.05. The highest BCUT2D eigenvalue weighted by Crippen LogP contribution is 2.40. The van der Waals surface area contributed by atoms with Gasteiger partial charge in [-0.1, -0.05) is 84.6 Å². The van der Waals surface area contributed by atoms with E-state index in [1.807, 2.05) is 0 Å². The van der Waals surface area contributed by atoms with E-state index in [9.17, 15) is 0 Å². The van der Waals surface area contributed by atoms with Gasteiger partial charge in [0, 0.05) is 6.54 Å². The predicted molar refractivity (Wildman–Crippen MR) is 99.1 cm³/mol. The minimum atomic E-state index is -1.68. The van der Waals surface area contributed by atoms with Gasteiger partial charge in [-0.2, -0.15) is 0 Å². The van der Waals surface area contributed by atoms with E-state index in [4.69, 9.17) is 0 Å². The van der Waals surface area contributed by atoms with Crippen LogP contribution in [0, 0.1) is 0 Å². The molecule has 0 aromatic heterocycles. The average Bonchev–Trinajstić information content (AvgIpc) is 3.20. The van der Waals surface area contributed by atoms with Crippen molar-refractivity contribution in [3.8, 4) is 0 Å². The van der Waals surface area contributed by atoms with Crippen LogP contribution in [-0.2, 0) is 6.54 Å². The Kier molecular flexibility index (Phi) is 4.32. The number of rotatable bonds is 5. The first kappa shape index (κ1) is 15.3. The second-order valence-corrected chi connectivity index (χ2v) is 11.3. The number of hydrogen-bond donors (Lipinski definition) is 0. The predicted octanol–water partition coefficient (Wildman–Crippen LogP) is 4.03. The van der Waals surface area contributed by atoms with Crippen molar-refractivity contribution in [3.63, 3.8) is 0 Å². The molecule has 0 heterocycles. The quantitative estimate of drug-likeness (QED) is 0.743. The van der Waals surface area contributed by atoms with Crippen LogP contribution in [0.15, 0.2) is 72.9 Å². The summed E-state index contributed by atoms with van der Waals surface area (Å²) < 4.78 is 0. The maximum Gasteiger partial charge on any atom is 0.105 e. The zero-order valence-corrected chi connectivity index (χ0v) is 14.7. The van der Waals surface area contributed by atoms with Crippen molar-refractivity contribution in [3.05, 3.63) is 78.4 Å². The summed E-state index contributed by atoms with van der Waals surface area (Å²) in [4.78, 5) is 2.22. The lowest BCUT2D eigenvalue weighted by atomic mass is 10.2. The van der Waals surface area contributed by atoms with Crippen molar-refractivity contribution in [2.75, 3.05) is 14.1 Å². The molecule has 0 N–H and O–H groups in total. The Morgan fingerprint density at radius 3 is 1.68 bits per heavy atom. The molecule has 0 atom stereocenters. The van der Waals surface area contributed by atoms with Gasteiger partial charge in [0.15, 0.2) is 0 Å². The zero-order chi connectivity index (χ0) is 15.6. The molecule has 0 unspecified atom stereocenters. The van der Waals surface area contributed by atoms with Crippen LogP contribution in [0.5, 0.6) is 0 Å². The van der Waals surface area contributed by atoms with Gasteiger partial charge < -0.3 is 4.90 Å². The monoisotopic (exact) mass is 307 g/mol. The lowest BCUT2D eigenvalue weighted by molar-refractivity contribution is 0.402. The minimum absolute atomic E-state index is 0.588.